The average Bonchev–Trinajstić information content (AvgIpc) is 3.06. The summed E-state index contributed by atoms with van der Waals surface area (Å²) in [6.07, 6.45) is 1.84. The lowest BCUT2D eigenvalue weighted by Crippen LogP contribution is -2.34. The molecule has 0 radical (unpaired) electrons. The molecule has 0 spiro atoms. The van der Waals surface area contributed by atoms with Crippen LogP contribution in [0, 0.1) is 0 Å². The van der Waals surface area contributed by atoms with Crippen molar-refractivity contribution in [3.8, 4) is 0 Å². The monoisotopic (exact) mass is 450 g/mol. The number of benzene rings is 2. The van der Waals surface area contributed by atoms with Crippen LogP contribution in [-0.2, 0) is 16.4 Å². The van der Waals surface area contributed by atoms with E-state index >= 15 is 0 Å². The quantitative estimate of drug-likeness (QED) is 0.694. The van der Waals surface area contributed by atoms with Crippen molar-refractivity contribution >= 4 is 31.9 Å². The molecule has 0 saturated heterocycles. The predicted octanol–water partition coefficient (Wildman–Crippen LogP) is 3.85. The highest BCUT2D eigenvalue weighted by atomic mass is 79.9. The zero-order chi connectivity index (χ0) is 19.8. The van der Waals surface area contributed by atoms with Crippen LogP contribution in [0.5, 0.6) is 0 Å². The van der Waals surface area contributed by atoms with E-state index in [1.54, 1.807) is 12.1 Å². The van der Waals surface area contributed by atoms with Gasteiger partial charge in [0.15, 0.2) is 0 Å². The van der Waals surface area contributed by atoms with Crippen molar-refractivity contribution < 1.29 is 13.2 Å². The maximum atomic E-state index is 13.2. The molecule has 0 heterocycles. The molecule has 2 aromatic rings. The number of carbonyl (C=O) groups excluding carboxylic acids is 1. The van der Waals surface area contributed by atoms with Gasteiger partial charge in [-0.3, -0.25) is 4.79 Å². The molecule has 5 nitrogen and oxygen atoms in total. The normalized spacial score (nSPS) is 16.4. The van der Waals surface area contributed by atoms with Crippen molar-refractivity contribution in [3.63, 3.8) is 0 Å². The van der Waals surface area contributed by atoms with E-state index in [-0.39, 0.29) is 16.8 Å². The van der Waals surface area contributed by atoms with E-state index in [4.69, 9.17) is 0 Å². The highest BCUT2D eigenvalue weighted by Crippen LogP contribution is 2.36. The first kappa shape index (κ1) is 20.0. The van der Waals surface area contributed by atoms with Gasteiger partial charge in [0.25, 0.3) is 5.91 Å². The number of rotatable bonds is 5. The van der Waals surface area contributed by atoms with Crippen LogP contribution in [0.25, 0.3) is 0 Å². The molecule has 3 rings (SSSR count). The summed E-state index contributed by atoms with van der Waals surface area (Å²) in [6, 6.07) is 13.0. The molecular formula is C20H23BrN2O3S. The molecule has 1 amide bonds. The van der Waals surface area contributed by atoms with E-state index in [0.29, 0.717) is 16.6 Å². The molecule has 0 fully saturated rings. The van der Waals surface area contributed by atoms with Gasteiger partial charge in [-0.15, -0.1) is 0 Å². The highest BCUT2D eigenvalue weighted by molar-refractivity contribution is 9.10. The Morgan fingerprint density at radius 1 is 1.19 bits per heavy atom. The number of halogens is 1. The smallest absolute Gasteiger partial charge is 0.254 e. The molecule has 0 N–H and O–H groups in total. The number of amides is 1. The standard InChI is InChI=1S/C20H23BrN2O3S/c1-4-23(18-12-10-14-7-5-6-8-16(14)18)20(24)15-9-11-17(21)19(13-15)27(25,26)22(2)3/h5-9,11,13,18H,4,10,12H2,1-3H3/t18-/m1/s1. The minimum absolute atomic E-state index is 0.0243. The van der Waals surface area contributed by atoms with Gasteiger partial charge >= 0.3 is 0 Å². The first-order chi connectivity index (χ1) is 12.8. The molecule has 0 bridgehead atoms. The molecule has 7 heteroatoms. The van der Waals surface area contributed by atoms with Crippen LogP contribution < -0.4 is 0 Å². The topological polar surface area (TPSA) is 57.7 Å². The Bertz CT molecular complexity index is 973. The van der Waals surface area contributed by atoms with Gasteiger partial charge < -0.3 is 4.90 Å². The predicted molar refractivity (Wildman–Crippen MR) is 109 cm³/mol. The summed E-state index contributed by atoms with van der Waals surface area (Å²) in [5.41, 5.74) is 2.84. The fourth-order valence-electron chi connectivity index (χ4n) is 3.56. The Labute approximate surface area is 169 Å². The maximum absolute atomic E-state index is 13.2. The van der Waals surface area contributed by atoms with E-state index in [1.807, 2.05) is 24.0 Å². The van der Waals surface area contributed by atoms with E-state index in [2.05, 4.69) is 28.1 Å². The Morgan fingerprint density at radius 2 is 1.89 bits per heavy atom. The van der Waals surface area contributed by atoms with Gasteiger partial charge in [-0.25, -0.2) is 12.7 Å². The third-order valence-corrected chi connectivity index (χ3v) is 7.82. The zero-order valence-corrected chi connectivity index (χ0v) is 18.0. The number of sulfonamides is 1. The van der Waals surface area contributed by atoms with Gasteiger partial charge in [-0.1, -0.05) is 24.3 Å². The number of aryl methyl sites for hydroxylation is 1. The summed E-state index contributed by atoms with van der Waals surface area (Å²) in [5, 5.41) is 0. The Hall–Kier alpha value is -1.70. The number of fused-ring (bicyclic) bond motifs is 1. The number of nitrogens with zero attached hydrogens (tertiary/aromatic N) is 2. The first-order valence-electron chi connectivity index (χ1n) is 8.88. The van der Waals surface area contributed by atoms with E-state index in [1.165, 1.54) is 31.3 Å². The molecule has 0 saturated carbocycles. The number of hydrogen-bond acceptors (Lipinski definition) is 3. The van der Waals surface area contributed by atoms with Gasteiger partial charge in [0, 0.05) is 30.7 Å². The molecule has 0 unspecified atom stereocenters. The third-order valence-electron chi connectivity index (χ3n) is 5.02. The molecule has 0 aliphatic heterocycles. The van der Waals surface area contributed by atoms with E-state index < -0.39 is 10.0 Å². The van der Waals surface area contributed by atoms with E-state index in [0.717, 1.165) is 17.1 Å². The van der Waals surface area contributed by atoms with Crippen LogP contribution in [0.15, 0.2) is 51.8 Å². The van der Waals surface area contributed by atoms with Crippen molar-refractivity contribution in [1.82, 2.24) is 9.21 Å². The molecule has 1 aliphatic rings. The molecule has 27 heavy (non-hydrogen) atoms. The van der Waals surface area contributed by atoms with Crippen LogP contribution in [0.1, 0.15) is 40.9 Å². The maximum Gasteiger partial charge on any atom is 0.254 e. The fourth-order valence-corrected chi connectivity index (χ4v) is 5.40. The van der Waals surface area contributed by atoms with Crippen molar-refractivity contribution in [2.75, 3.05) is 20.6 Å². The minimum Gasteiger partial charge on any atom is -0.332 e. The zero-order valence-electron chi connectivity index (χ0n) is 15.6. The summed E-state index contributed by atoms with van der Waals surface area (Å²) >= 11 is 3.29. The van der Waals surface area contributed by atoms with Crippen LogP contribution in [0.3, 0.4) is 0 Å². The van der Waals surface area contributed by atoms with Gasteiger partial charge in [-0.05, 0) is 65.0 Å². The van der Waals surface area contributed by atoms with Crippen molar-refractivity contribution in [2.45, 2.75) is 30.7 Å². The second-order valence-electron chi connectivity index (χ2n) is 6.78. The second-order valence-corrected chi connectivity index (χ2v) is 9.75. The largest absolute Gasteiger partial charge is 0.332 e. The Morgan fingerprint density at radius 3 is 2.56 bits per heavy atom. The van der Waals surface area contributed by atoms with E-state index in [9.17, 15) is 13.2 Å². The molecule has 144 valence electrons. The minimum atomic E-state index is -3.65. The van der Waals surface area contributed by atoms with Crippen LogP contribution in [0.2, 0.25) is 0 Å². The van der Waals surface area contributed by atoms with Crippen LogP contribution in [-0.4, -0.2) is 44.2 Å². The second kappa shape index (κ2) is 7.73. The summed E-state index contributed by atoms with van der Waals surface area (Å²) in [6.45, 7) is 2.51. The first-order valence-corrected chi connectivity index (χ1v) is 11.1. The Balaban J connectivity index is 1.98. The SMILES string of the molecule is CCN(C(=O)c1ccc(Br)c(S(=O)(=O)N(C)C)c1)[C@@H]1CCc2ccccc21. The summed E-state index contributed by atoms with van der Waals surface area (Å²) < 4.78 is 26.7. The van der Waals surface area contributed by atoms with Crippen molar-refractivity contribution in [3.05, 3.63) is 63.6 Å². The van der Waals surface area contributed by atoms with Crippen LogP contribution in [0.4, 0.5) is 0 Å². The molecule has 0 aromatic heterocycles. The lowest BCUT2D eigenvalue weighted by molar-refractivity contribution is 0.0688. The fraction of sp³-hybridized carbons (Fsp3) is 0.350. The van der Waals surface area contributed by atoms with Crippen molar-refractivity contribution in [2.24, 2.45) is 0 Å². The van der Waals surface area contributed by atoms with Crippen LogP contribution >= 0.6 is 15.9 Å². The average molecular weight is 451 g/mol. The molecule has 2 aromatic carbocycles. The lowest BCUT2D eigenvalue weighted by Gasteiger charge is -2.29. The van der Waals surface area contributed by atoms with Crippen molar-refractivity contribution in [1.29, 1.82) is 0 Å². The highest BCUT2D eigenvalue weighted by Gasteiger charge is 2.31. The van der Waals surface area contributed by atoms with Gasteiger partial charge in [0.05, 0.1) is 10.9 Å². The van der Waals surface area contributed by atoms with Gasteiger partial charge in [0.2, 0.25) is 10.0 Å². The third kappa shape index (κ3) is 3.68. The number of carbonyl (C=O) groups is 1. The Kier molecular flexibility index (Phi) is 5.74. The molecule has 1 atom stereocenters. The summed E-state index contributed by atoms with van der Waals surface area (Å²) in [4.78, 5) is 15.2. The summed E-state index contributed by atoms with van der Waals surface area (Å²) in [5.74, 6) is -0.151. The molecule has 1 aliphatic carbocycles. The molecular weight excluding hydrogens is 428 g/mol. The lowest BCUT2D eigenvalue weighted by atomic mass is 10.1. The number of hydrogen-bond donors (Lipinski definition) is 0. The van der Waals surface area contributed by atoms with Gasteiger partial charge in [0.1, 0.15) is 0 Å². The summed E-state index contributed by atoms with van der Waals surface area (Å²) in [7, 11) is -0.695. The van der Waals surface area contributed by atoms with Gasteiger partial charge in [-0.2, -0.15) is 0 Å².